The molecule has 0 unspecified atom stereocenters. The molecule has 1 rings (SSSR count). The van der Waals surface area contributed by atoms with Crippen LogP contribution in [-0.2, 0) is 16.0 Å². The van der Waals surface area contributed by atoms with Gasteiger partial charge < -0.3 is 10.2 Å². The van der Waals surface area contributed by atoms with Gasteiger partial charge in [0.15, 0.2) is 0 Å². The first kappa shape index (κ1) is 14.2. The third-order valence-corrected chi connectivity index (χ3v) is 2.10. The number of rotatable bonds is 4. The summed E-state index contributed by atoms with van der Waals surface area (Å²) in [4.78, 5) is 30.9. The molecule has 19 heavy (non-hydrogen) atoms. The number of nitrogens with zero attached hydrogens (tertiary/aromatic N) is 1. The molecule has 98 valence electrons. The van der Waals surface area contributed by atoms with Gasteiger partial charge in [-0.25, -0.2) is 0 Å². The van der Waals surface area contributed by atoms with Crippen LogP contribution in [0.2, 0.25) is 0 Å². The lowest BCUT2D eigenvalue weighted by Gasteiger charge is -2.00. The maximum absolute atomic E-state index is 10.8. The van der Waals surface area contributed by atoms with Crippen molar-refractivity contribution >= 4 is 17.6 Å². The lowest BCUT2D eigenvalue weighted by Crippen LogP contribution is -2.04. The standard InChI is InChI=1S/C12H9NO6/c14-11(15)3-1-2-8-4-5-9(7-12(16)17)10(6-8)13(18)19/h4-6H,3,7H2,(H,14,15)(H,16,17). The summed E-state index contributed by atoms with van der Waals surface area (Å²) in [5.41, 5.74) is -0.00658. The minimum absolute atomic E-state index is 0.0706. The van der Waals surface area contributed by atoms with Crippen LogP contribution in [0.1, 0.15) is 17.5 Å². The second kappa shape index (κ2) is 6.16. The van der Waals surface area contributed by atoms with Crippen LogP contribution in [-0.4, -0.2) is 27.1 Å². The molecule has 0 aliphatic heterocycles. The van der Waals surface area contributed by atoms with Gasteiger partial charge in [-0.1, -0.05) is 17.9 Å². The second-order valence-corrected chi connectivity index (χ2v) is 3.54. The first-order valence-electron chi connectivity index (χ1n) is 5.10. The van der Waals surface area contributed by atoms with Crippen molar-refractivity contribution in [2.24, 2.45) is 0 Å². The van der Waals surface area contributed by atoms with Crippen molar-refractivity contribution in [1.29, 1.82) is 0 Å². The number of hydrogen-bond acceptors (Lipinski definition) is 4. The van der Waals surface area contributed by atoms with Gasteiger partial charge in [0.25, 0.3) is 5.69 Å². The van der Waals surface area contributed by atoms with E-state index in [0.717, 1.165) is 6.07 Å². The Bertz CT molecular complexity index is 596. The fourth-order valence-corrected chi connectivity index (χ4v) is 1.35. The Morgan fingerprint density at radius 3 is 2.47 bits per heavy atom. The van der Waals surface area contributed by atoms with E-state index in [1.165, 1.54) is 12.1 Å². The largest absolute Gasteiger partial charge is 0.481 e. The summed E-state index contributed by atoms with van der Waals surface area (Å²) < 4.78 is 0. The van der Waals surface area contributed by atoms with E-state index in [9.17, 15) is 19.7 Å². The van der Waals surface area contributed by atoms with Crippen molar-refractivity contribution in [1.82, 2.24) is 0 Å². The summed E-state index contributed by atoms with van der Waals surface area (Å²) in [6.45, 7) is 0. The van der Waals surface area contributed by atoms with E-state index >= 15 is 0 Å². The number of carboxylic acids is 2. The van der Waals surface area contributed by atoms with Crippen LogP contribution >= 0.6 is 0 Å². The number of nitro benzene ring substituents is 1. The summed E-state index contributed by atoms with van der Waals surface area (Å²) in [5, 5.41) is 27.8. The van der Waals surface area contributed by atoms with Crippen molar-refractivity contribution in [3.63, 3.8) is 0 Å². The summed E-state index contributed by atoms with van der Waals surface area (Å²) in [7, 11) is 0. The molecule has 0 aromatic heterocycles. The Balaban J connectivity index is 3.07. The van der Waals surface area contributed by atoms with Gasteiger partial charge >= 0.3 is 11.9 Å². The highest BCUT2D eigenvalue weighted by atomic mass is 16.6. The van der Waals surface area contributed by atoms with Gasteiger partial charge in [0.05, 0.1) is 11.3 Å². The Labute approximate surface area is 107 Å². The Hall–Kier alpha value is -2.88. The van der Waals surface area contributed by atoms with Gasteiger partial charge in [-0.15, -0.1) is 0 Å². The molecule has 0 saturated heterocycles. The van der Waals surface area contributed by atoms with Crippen molar-refractivity contribution in [2.45, 2.75) is 12.8 Å². The molecule has 0 spiro atoms. The van der Waals surface area contributed by atoms with Gasteiger partial charge in [0.2, 0.25) is 0 Å². The summed E-state index contributed by atoms with van der Waals surface area (Å²) >= 11 is 0. The molecule has 1 aromatic carbocycles. The van der Waals surface area contributed by atoms with Crippen LogP contribution in [0, 0.1) is 22.0 Å². The van der Waals surface area contributed by atoms with E-state index in [1.54, 1.807) is 0 Å². The molecule has 0 saturated carbocycles. The molecule has 7 heteroatoms. The molecule has 0 aliphatic carbocycles. The summed E-state index contributed by atoms with van der Waals surface area (Å²) in [5.74, 6) is 2.54. The van der Waals surface area contributed by atoms with E-state index < -0.39 is 23.3 Å². The highest BCUT2D eigenvalue weighted by Crippen LogP contribution is 2.20. The maximum Gasteiger partial charge on any atom is 0.315 e. The first-order valence-corrected chi connectivity index (χ1v) is 5.10. The van der Waals surface area contributed by atoms with E-state index in [2.05, 4.69) is 11.8 Å². The predicted octanol–water partition coefficient (Wildman–Crippen LogP) is 1.05. The molecule has 7 nitrogen and oxygen atoms in total. The molecule has 0 amide bonds. The second-order valence-electron chi connectivity index (χ2n) is 3.54. The summed E-state index contributed by atoms with van der Waals surface area (Å²) in [6.07, 6.45) is -0.830. The molecule has 0 atom stereocenters. The lowest BCUT2D eigenvalue weighted by atomic mass is 10.1. The van der Waals surface area contributed by atoms with Gasteiger partial charge in [0.1, 0.15) is 6.42 Å². The highest BCUT2D eigenvalue weighted by Gasteiger charge is 2.16. The predicted molar refractivity (Wildman–Crippen MR) is 63.6 cm³/mol. The number of carboxylic acid groups (broad SMARTS) is 2. The van der Waals surface area contributed by atoms with Gasteiger partial charge in [0, 0.05) is 17.2 Å². The van der Waals surface area contributed by atoms with Crippen LogP contribution in [0.4, 0.5) is 5.69 Å². The number of hydrogen-bond donors (Lipinski definition) is 2. The molecule has 2 N–H and O–H groups in total. The fourth-order valence-electron chi connectivity index (χ4n) is 1.35. The fraction of sp³-hybridized carbons (Fsp3) is 0.167. The van der Waals surface area contributed by atoms with Gasteiger partial charge in [-0.05, 0) is 6.07 Å². The molecule has 0 aliphatic rings. The normalized spacial score (nSPS) is 9.26. The van der Waals surface area contributed by atoms with E-state index in [1.807, 2.05) is 0 Å². The number of benzene rings is 1. The number of aliphatic carboxylic acids is 2. The smallest absolute Gasteiger partial charge is 0.315 e. The van der Waals surface area contributed by atoms with Crippen LogP contribution in [0.5, 0.6) is 0 Å². The van der Waals surface area contributed by atoms with Crippen LogP contribution in [0.15, 0.2) is 18.2 Å². The number of carbonyl (C=O) groups is 2. The van der Waals surface area contributed by atoms with E-state index in [-0.39, 0.29) is 23.2 Å². The molecular weight excluding hydrogens is 254 g/mol. The van der Waals surface area contributed by atoms with Crippen LogP contribution < -0.4 is 0 Å². The average Bonchev–Trinajstić information content (AvgIpc) is 2.29. The average molecular weight is 263 g/mol. The minimum Gasteiger partial charge on any atom is -0.481 e. The minimum atomic E-state index is -1.17. The quantitative estimate of drug-likeness (QED) is 0.476. The molecule has 0 fully saturated rings. The van der Waals surface area contributed by atoms with E-state index in [0.29, 0.717) is 0 Å². The molecule has 1 aromatic rings. The maximum atomic E-state index is 10.8. The van der Waals surface area contributed by atoms with Crippen molar-refractivity contribution in [2.75, 3.05) is 0 Å². The topological polar surface area (TPSA) is 118 Å². The SMILES string of the molecule is O=C(O)CC#Cc1ccc(CC(=O)O)c([N+](=O)[O-])c1. The van der Waals surface area contributed by atoms with Gasteiger partial charge in [-0.2, -0.15) is 0 Å². The van der Waals surface area contributed by atoms with Crippen molar-refractivity contribution in [3.05, 3.63) is 39.4 Å². The third kappa shape index (κ3) is 4.47. The lowest BCUT2D eigenvalue weighted by molar-refractivity contribution is -0.385. The van der Waals surface area contributed by atoms with Crippen LogP contribution in [0.3, 0.4) is 0 Å². The Kier molecular flexibility index (Phi) is 4.60. The zero-order valence-corrected chi connectivity index (χ0v) is 9.62. The van der Waals surface area contributed by atoms with Crippen LogP contribution in [0.25, 0.3) is 0 Å². The van der Waals surface area contributed by atoms with Crippen molar-refractivity contribution in [3.8, 4) is 11.8 Å². The number of nitro groups is 1. The molecule has 0 radical (unpaired) electrons. The monoisotopic (exact) mass is 263 g/mol. The highest BCUT2D eigenvalue weighted by molar-refractivity contribution is 5.72. The summed E-state index contributed by atoms with van der Waals surface area (Å²) in [6, 6.07) is 3.85. The molecular formula is C12H9NO6. The first-order chi connectivity index (χ1) is 8.90. The molecule has 0 bridgehead atoms. The van der Waals surface area contributed by atoms with Crippen molar-refractivity contribution < 1.29 is 24.7 Å². The van der Waals surface area contributed by atoms with Gasteiger partial charge in [-0.3, -0.25) is 19.7 Å². The van der Waals surface area contributed by atoms with E-state index in [4.69, 9.17) is 10.2 Å². The molecule has 0 heterocycles. The third-order valence-electron chi connectivity index (χ3n) is 2.10. The Morgan fingerprint density at radius 1 is 1.26 bits per heavy atom. The zero-order valence-electron chi connectivity index (χ0n) is 9.62. The zero-order chi connectivity index (χ0) is 14.4. The Morgan fingerprint density at radius 2 is 1.95 bits per heavy atom.